The minimum Gasteiger partial charge on any atom is -0.461 e. The van der Waals surface area contributed by atoms with Gasteiger partial charge in [0, 0.05) is 6.42 Å². The summed E-state index contributed by atoms with van der Waals surface area (Å²) in [5.41, 5.74) is 1.74. The van der Waals surface area contributed by atoms with Crippen LogP contribution in [0.15, 0.2) is 60.7 Å². The molecule has 0 radical (unpaired) electrons. The van der Waals surface area contributed by atoms with E-state index in [9.17, 15) is 14.2 Å². The Morgan fingerprint density at radius 2 is 1.41 bits per heavy atom. The van der Waals surface area contributed by atoms with Crippen LogP contribution in [0.5, 0.6) is 0 Å². The van der Waals surface area contributed by atoms with Crippen LogP contribution in [0, 0.1) is 5.92 Å². The van der Waals surface area contributed by atoms with Crippen molar-refractivity contribution in [2.45, 2.75) is 26.1 Å². The molecule has 0 bridgehead atoms. The number of hydrogen-bond acceptors (Lipinski definition) is 6. The Labute approximate surface area is 159 Å². The van der Waals surface area contributed by atoms with Crippen molar-refractivity contribution >= 4 is 20.6 Å². The molecule has 2 rings (SSSR count). The van der Waals surface area contributed by atoms with Crippen molar-refractivity contribution in [1.82, 2.24) is 0 Å². The monoisotopic (exact) mass is 388 g/mol. The van der Waals surface area contributed by atoms with Gasteiger partial charge in [0.15, 0.2) is 0 Å². The fourth-order valence-corrected chi connectivity index (χ4v) is 2.58. The first-order valence-electron chi connectivity index (χ1n) is 8.53. The summed E-state index contributed by atoms with van der Waals surface area (Å²) in [6.45, 7) is 0.215. The predicted octanol–water partition coefficient (Wildman–Crippen LogP) is 4.09. The van der Waals surface area contributed by atoms with Gasteiger partial charge in [0.25, 0.3) is 0 Å². The van der Waals surface area contributed by atoms with Crippen molar-refractivity contribution in [3.05, 3.63) is 71.8 Å². The highest BCUT2D eigenvalue weighted by Crippen LogP contribution is 2.15. The molecule has 0 aliphatic carbocycles. The lowest BCUT2D eigenvalue weighted by Gasteiger charge is -2.14. The summed E-state index contributed by atoms with van der Waals surface area (Å²) in [5.74, 6) is -1.61. The zero-order valence-corrected chi connectivity index (χ0v) is 15.7. The van der Waals surface area contributed by atoms with Crippen LogP contribution in [-0.2, 0) is 41.4 Å². The largest absolute Gasteiger partial charge is 0.461 e. The predicted molar refractivity (Wildman–Crippen MR) is 98.8 cm³/mol. The molecule has 0 N–H and O–H groups in total. The summed E-state index contributed by atoms with van der Waals surface area (Å²) in [6, 6.07) is 18.6. The van der Waals surface area contributed by atoms with Crippen LogP contribution in [-0.4, -0.2) is 18.5 Å². The topological polar surface area (TPSA) is 78.9 Å². The van der Waals surface area contributed by atoms with Gasteiger partial charge in [-0.2, -0.15) is 0 Å². The third-order valence-electron chi connectivity index (χ3n) is 3.83. The maximum absolute atomic E-state index is 12.3. The van der Waals surface area contributed by atoms with Crippen LogP contribution in [0.4, 0.5) is 0 Å². The van der Waals surface area contributed by atoms with Gasteiger partial charge in [-0.3, -0.25) is 14.1 Å². The summed E-state index contributed by atoms with van der Waals surface area (Å²) in [5, 5.41) is 0. The van der Waals surface area contributed by atoms with Crippen molar-refractivity contribution in [2.75, 3.05) is 6.61 Å². The molecule has 0 amide bonds. The summed E-state index contributed by atoms with van der Waals surface area (Å²) < 4.78 is 25.8. The number of rotatable bonds is 11. The van der Waals surface area contributed by atoms with Crippen LogP contribution in [0.2, 0.25) is 0 Å². The lowest BCUT2D eigenvalue weighted by Crippen LogP contribution is -2.23. The second kappa shape index (κ2) is 11.9. The SMILES string of the molecule is O=POCC(CCC(=O)OCc1ccccc1)C(=O)OCc1ccccc1. The zero-order valence-electron chi connectivity index (χ0n) is 14.8. The van der Waals surface area contributed by atoms with Crippen LogP contribution >= 0.6 is 8.69 Å². The van der Waals surface area contributed by atoms with Gasteiger partial charge < -0.3 is 9.47 Å². The Balaban J connectivity index is 1.78. The van der Waals surface area contributed by atoms with Gasteiger partial charge in [-0.15, -0.1) is 0 Å². The van der Waals surface area contributed by atoms with Crippen molar-refractivity contribution in [2.24, 2.45) is 5.92 Å². The van der Waals surface area contributed by atoms with Gasteiger partial charge in [0.05, 0.1) is 12.5 Å². The highest BCUT2D eigenvalue weighted by molar-refractivity contribution is 7.17. The lowest BCUT2D eigenvalue weighted by molar-refractivity contribution is -0.152. The van der Waals surface area contributed by atoms with E-state index in [1.54, 1.807) is 0 Å². The summed E-state index contributed by atoms with van der Waals surface area (Å²) in [7, 11) is -0.523. The van der Waals surface area contributed by atoms with Gasteiger partial charge in [0.2, 0.25) is 0 Å². The maximum Gasteiger partial charge on any atom is 0.327 e. The van der Waals surface area contributed by atoms with E-state index in [1.165, 1.54) is 0 Å². The Kier molecular flexibility index (Phi) is 9.18. The smallest absolute Gasteiger partial charge is 0.327 e. The van der Waals surface area contributed by atoms with E-state index in [4.69, 9.17) is 14.0 Å². The molecule has 0 aliphatic heterocycles. The van der Waals surface area contributed by atoms with Crippen LogP contribution in [0.3, 0.4) is 0 Å². The molecule has 7 heteroatoms. The van der Waals surface area contributed by atoms with Gasteiger partial charge in [-0.05, 0) is 17.5 Å². The quantitative estimate of drug-likeness (QED) is 0.426. The number of benzene rings is 2. The normalized spacial score (nSPS) is 11.7. The van der Waals surface area contributed by atoms with Gasteiger partial charge >= 0.3 is 20.6 Å². The Hall–Kier alpha value is -2.56. The number of carbonyl (C=O) groups excluding carboxylic acids is 2. The van der Waals surface area contributed by atoms with Gasteiger partial charge in [-0.1, -0.05) is 60.7 Å². The first-order valence-corrected chi connectivity index (χ1v) is 9.27. The van der Waals surface area contributed by atoms with Crippen molar-refractivity contribution in [3.8, 4) is 0 Å². The molecular weight excluding hydrogens is 367 g/mol. The molecule has 142 valence electrons. The average molecular weight is 388 g/mol. The summed E-state index contributed by atoms with van der Waals surface area (Å²) in [4.78, 5) is 24.2. The van der Waals surface area contributed by atoms with E-state index in [2.05, 4.69) is 0 Å². The summed E-state index contributed by atoms with van der Waals surface area (Å²) >= 11 is 0. The van der Waals surface area contributed by atoms with Gasteiger partial charge in [-0.25, -0.2) is 4.57 Å². The van der Waals surface area contributed by atoms with Crippen LogP contribution in [0.1, 0.15) is 24.0 Å². The molecular formula is C20H21O6P. The minimum atomic E-state index is -0.695. The molecule has 0 saturated heterocycles. The second-order valence-corrected chi connectivity index (χ2v) is 6.25. The fraction of sp³-hybridized carbons (Fsp3) is 0.300. The standard InChI is InChI=1S/C20H21O6P/c21-19(24-13-16-7-3-1-4-8-16)12-11-18(15-26-27-23)20(22)25-14-17-9-5-2-6-10-17/h1-10,18H,11-15H2. The number of esters is 2. The highest BCUT2D eigenvalue weighted by atomic mass is 31.1. The molecule has 1 unspecified atom stereocenters. The first-order chi connectivity index (χ1) is 13.2. The van der Waals surface area contributed by atoms with E-state index in [0.717, 1.165) is 11.1 Å². The second-order valence-electron chi connectivity index (χ2n) is 5.85. The minimum absolute atomic E-state index is 0.0387. The van der Waals surface area contributed by atoms with Crippen molar-refractivity contribution < 1.29 is 28.2 Å². The molecule has 0 saturated carbocycles. The maximum atomic E-state index is 12.3. The van der Waals surface area contributed by atoms with E-state index in [0.29, 0.717) is 0 Å². The Bertz CT molecular complexity index is 720. The fourth-order valence-electron chi connectivity index (χ4n) is 2.34. The molecule has 0 aromatic heterocycles. The molecule has 0 aliphatic rings. The van der Waals surface area contributed by atoms with E-state index >= 15 is 0 Å². The molecule has 2 aromatic carbocycles. The lowest BCUT2D eigenvalue weighted by atomic mass is 10.0. The average Bonchev–Trinajstić information content (AvgIpc) is 2.72. The molecule has 2 aromatic rings. The molecule has 0 spiro atoms. The molecule has 27 heavy (non-hydrogen) atoms. The number of hydrogen-bond donors (Lipinski definition) is 0. The molecule has 0 fully saturated rings. The molecule has 6 nitrogen and oxygen atoms in total. The number of ether oxygens (including phenoxy) is 2. The molecule has 1 atom stereocenters. The third kappa shape index (κ3) is 8.11. The Morgan fingerprint density at radius 1 is 0.852 bits per heavy atom. The van der Waals surface area contributed by atoms with Crippen LogP contribution in [0.25, 0.3) is 0 Å². The zero-order chi connectivity index (χ0) is 19.3. The highest BCUT2D eigenvalue weighted by Gasteiger charge is 2.22. The molecule has 0 heterocycles. The van der Waals surface area contributed by atoms with E-state index in [1.807, 2.05) is 60.7 Å². The Morgan fingerprint density at radius 3 is 1.96 bits per heavy atom. The first kappa shape index (κ1) is 20.7. The van der Waals surface area contributed by atoms with Crippen molar-refractivity contribution in [3.63, 3.8) is 0 Å². The third-order valence-corrected chi connectivity index (χ3v) is 4.08. The van der Waals surface area contributed by atoms with Crippen molar-refractivity contribution in [1.29, 1.82) is 0 Å². The van der Waals surface area contributed by atoms with Crippen LogP contribution < -0.4 is 0 Å². The van der Waals surface area contributed by atoms with Gasteiger partial charge in [0.1, 0.15) is 13.2 Å². The number of carbonyl (C=O) groups is 2. The van der Waals surface area contributed by atoms with E-state index in [-0.39, 0.29) is 32.7 Å². The summed E-state index contributed by atoms with van der Waals surface area (Å²) in [6.07, 6.45) is 0.230. The van der Waals surface area contributed by atoms with E-state index < -0.39 is 26.5 Å².